The number of nitrogens with one attached hydrogen (secondary N) is 1. The number of carboxylic acid groups (broad SMARTS) is 1. The van der Waals surface area contributed by atoms with E-state index in [1.807, 2.05) is 0 Å². The van der Waals surface area contributed by atoms with Crippen LogP contribution in [0.5, 0.6) is 5.75 Å². The highest BCUT2D eigenvalue weighted by Gasteiger charge is 2.64. The summed E-state index contributed by atoms with van der Waals surface area (Å²) in [5.74, 6) is -1.48. The topological polar surface area (TPSA) is 185 Å². The SMILES string of the molecule is CCOc1cc(C(=O)Nc2cc(C(F)(F)F)ccn2)ccc1-c1nc([C@]23CC[C@](C(=O)O)(CC2O)C(O)C3)n2ccnc(N)c12. The molecule has 2 unspecified atom stereocenters. The van der Waals surface area contributed by atoms with Crippen molar-refractivity contribution >= 4 is 29.0 Å². The van der Waals surface area contributed by atoms with E-state index in [1.165, 1.54) is 18.3 Å². The van der Waals surface area contributed by atoms with Gasteiger partial charge < -0.3 is 31.1 Å². The normalized spacial score (nSPS) is 24.5. The van der Waals surface area contributed by atoms with Crippen molar-refractivity contribution in [2.75, 3.05) is 17.7 Å². The summed E-state index contributed by atoms with van der Waals surface area (Å²) in [6, 6.07) is 5.93. The Morgan fingerprint density at radius 1 is 1.11 bits per heavy atom. The molecule has 1 amide bonds. The minimum absolute atomic E-state index is 0.0394. The van der Waals surface area contributed by atoms with Crippen LogP contribution in [0.3, 0.4) is 0 Å². The summed E-state index contributed by atoms with van der Waals surface area (Å²) in [5.41, 5.74) is 3.99. The predicted octanol–water partition coefficient (Wildman–Crippen LogP) is 3.66. The first-order chi connectivity index (χ1) is 21.3. The molecule has 3 saturated carbocycles. The number of ether oxygens (including phenoxy) is 1. The third-order valence-electron chi connectivity index (χ3n) is 8.99. The number of imidazole rings is 1. The number of aliphatic carboxylic acids is 1. The second-order valence-electron chi connectivity index (χ2n) is 11.4. The maximum absolute atomic E-state index is 13.1. The number of fused-ring (bicyclic) bond motifs is 4. The summed E-state index contributed by atoms with van der Waals surface area (Å²) in [6.45, 7) is 1.91. The van der Waals surface area contributed by atoms with E-state index in [1.54, 1.807) is 23.6 Å². The van der Waals surface area contributed by atoms with Gasteiger partial charge in [0.25, 0.3) is 5.91 Å². The van der Waals surface area contributed by atoms with E-state index in [2.05, 4.69) is 15.3 Å². The molecule has 4 atom stereocenters. The molecule has 0 saturated heterocycles. The maximum Gasteiger partial charge on any atom is 0.416 e. The number of amides is 1. The molecule has 0 radical (unpaired) electrons. The summed E-state index contributed by atoms with van der Waals surface area (Å²) in [5, 5.41) is 34.6. The van der Waals surface area contributed by atoms with Gasteiger partial charge in [-0.2, -0.15) is 13.2 Å². The number of pyridine rings is 1. The first kappa shape index (κ1) is 30.3. The zero-order chi connectivity index (χ0) is 32.3. The fraction of sp³-hybridized carbons (Fsp3) is 0.367. The number of nitrogen functional groups attached to an aromatic ring is 1. The Morgan fingerprint density at radius 2 is 1.89 bits per heavy atom. The zero-order valence-electron chi connectivity index (χ0n) is 23.9. The summed E-state index contributed by atoms with van der Waals surface area (Å²) < 4.78 is 47.0. The second-order valence-corrected chi connectivity index (χ2v) is 11.4. The summed E-state index contributed by atoms with van der Waals surface area (Å²) in [7, 11) is 0. The van der Waals surface area contributed by atoms with E-state index in [0.29, 0.717) is 22.6 Å². The van der Waals surface area contributed by atoms with Gasteiger partial charge in [0.1, 0.15) is 34.4 Å². The molecule has 6 N–H and O–H groups in total. The highest BCUT2D eigenvalue weighted by Crippen LogP contribution is 2.58. The van der Waals surface area contributed by atoms with Crippen molar-refractivity contribution in [3.05, 3.63) is 65.9 Å². The van der Waals surface area contributed by atoms with Crippen LogP contribution in [0, 0.1) is 5.41 Å². The zero-order valence-corrected chi connectivity index (χ0v) is 23.9. The average Bonchev–Trinajstić information content (AvgIpc) is 3.39. The molecule has 4 aromatic rings. The number of nitrogens with zero attached hydrogens (tertiary/aromatic N) is 4. The lowest BCUT2D eigenvalue weighted by molar-refractivity contribution is -0.187. The molecule has 1 aromatic carbocycles. The van der Waals surface area contributed by atoms with Gasteiger partial charge in [-0.3, -0.25) is 14.0 Å². The molecule has 2 bridgehead atoms. The monoisotopic (exact) mass is 626 g/mol. The van der Waals surface area contributed by atoms with Gasteiger partial charge in [-0.05, 0) is 62.9 Å². The number of aliphatic hydroxyl groups excluding tert-OH is 2. The maximum atomic E-state index is 13.1. The van der Waals surface area contributed by atoms with Crippen LogP contribution in [0.4, 0.5) is 24.8 Å². The molecule has 3 aliphatic carbocycles. The van der Waals surface area contributed by atoms with Gasteiger partial charge in [0.2, 0.25) is 0 Å². The van der Waals surface area contributed by atoms with Crippen LogP contribution < -0.4 is 15.8 Å². The van der Waals surface area contributed by atoms with E-state index in [4.69, 9.17) is 15.5 Å². The molecule has 3 aliphatic rings. The van der Waals surface area contributed by atoms with E-state index >= 15 is 0 Å². The molecule has 12 nitrogen and oxygen atoms in total. The lowest BCUT2D eigenvalue weighted by Gasteiger charge is -2.55. The molecule has 3 aromatic heterocycles. The minimum atomic E-state index is -4.61. The summed E-state index contributed by atoms with van der Waals surface area (Å²) >= 11 is 0. The number of carboxylic acids is 1. The van der Waals surface area contributed by atoms with Gasteiger partial charge in [0.05, 0.1) is 35.2 Å². The van der Waals surface area contributed by atoms with Crippen LogP contribution >= 0.6 is 0 Å². The standard InChI is InChI=1S/C30H29F3N6O6/c1-2-45-18-11-15(25(42)37-21-12-16(5-8-35-21)30(31,32)33)3-4-17(18)22-23-24(34)36-9-10-39(23)26(38-22)28-6-7-29(27(43)44,14-19(28)40)20(41)13-28/h3-5,8-12,19-20,40-41H,2,6-7,13-14H2,1H3,(H2,34,36)(H,43,44)(H,35,37,42)/t19?,20?,28-,29-/m0/s1. The van der Waals surface area contributed by atoms with Crippen LogP contribution in [-0.4, -0.2) is 65.4 Å². The van der Waals surface area contributed by atoms with E-state index in [9.17, 15) is 38.1 Å². The van der Waals surface area contributed by atoms with Crippen LogP contribution in [0.25, 0.3) is 16.8 Å². The number of hydrogen-bond acceptors (Lipinski definition) is 9. The van der Waals surface area contributed by atoms with E-state index in [0.717, 1.165) is 18.3 Å². The number of rotatable bonds is 7. The third kappa shape index (κ3) is 4.82. The van der Waals surface area contributed by atoms with Crippen molar-refractivity contribution < 1.29 is 42.8 Å². The number of carbonyl (C=O) groups is 2. The Balaban J connectivity index is 1.42. The van der Waals surface area contributed by atoms with Crippen molar-refractivity contribution in [2.45, 2.75) is 56.4 Å². The molecule has 0 aliphatic heterocycles. The smallest absolute Gasteiger partial charge is 0.416 e. The lowest BCUT2D eigenvalue weighted by Crippen LogP contribution is -2.63. The Kier molecular flexibility index (Phi) is 7.20. The number of carbonyl (C=O) groups excluding carboxylic acids is 1. The number of nitrogens with two attached hydrogens (primary N) is 1. The number of anilines is 2. The van der Waals surface area contributed by atoms with Gasteiger partial charge >= 0.3 is 12.1 Å². The van der Waals surface area contributed by atoms with Crippen LogP contribution in [0.2, 0.25) is 0 Å². The van der Waals surface area contributed by atoms with E-state index in [-0.39, 0.29) is 55.2 Å². The largest absolute Gasteiger partial charge is 0.493 e. The number of halogens is 3. The Hall–Kier alpha value is -4.76. The molecule has 236 valence electrons. The van der Waals surface area contributed by atoms with Crippen LogP contribution in [0.15, 0.2) is 48.9 Å². The van der Waals surface area contributed by atoms with Crippen molar-refractivity contribution in [3.63, 3.8) is 0 Å². The first-order valence-electron chi connectivity index (χ1n) is 14.1. The number of aliphatic hydroxyl groups is 2. The Labute approximate surface area is 253 Å². The summed E-state index contributed by atoms with van der Waals surface area (Å²) in [4.78, 5) is 38.1. The van der Waals surface area contributed by atoms with Crippen molar-refractivity contribution in [2.24, 2.45) is 5.41 Å². The van der Waals surface area contributed by atoms with Gasteiger partial charge in [-0.1, -0.05) is 0 Å². The molecule has 15 heteroatoms. The number of benzene rings is 1. The van der Waals surface area contributed by atoms with Gasteiger partial charge in [0.15, 0.2) is 0 Å². The lowest BCUT2D eigenvalue weighted by atomic mass is 9.50. The van der Waals surface area contributed by atoms with E-state index < -0.39 is 46.7 Å². The highest BCUT2D eigenvalue weighted by molar-refractivity contribution is 6.04. The van der Waals surface area contributed by atoms with Gasteiger partial charge in [0, 0.05) is 29.7 Å². The fourth-order valence-corrected chi connectivity index (χ4v) is 6.63. The van der Waals surface area contributed by atoms with Crippen LogP contribution in [-0.2, 0) is 16.4 Å². The molecule has 3 heterocycles. The minimum Gasteiger partial charge on any atom is -0.493 e. The fourth-order valence-electron chi connectivity index (χ4n) is 6.63. The van der Waals surface area contributed by atoms with Gasteiger partial charge in [-0.15, -0.1) is 0 Å². The Bertz CT molecular complexity index is 1830. The van der Waals surface area contributed by atoms with Crippen LogP contribution in [0.1, 0.15) is 54.4 Å². The highest BCUT2D eigenvalue weighted by atomic mass is 19.4. The molecular weight excluding hydrogens is 597 g/mol. The molecule has 0 spiro atoms. The summed E-state index contributed by atoms with van der Waals surface area (Å²) in [6.07, 6.45) is -2.73. The van der Waals surface area contributed by atoms with Crippen molar-refractivity contribution in [1.29, 1.82) is 0 Å². The third-order valence-corrected chi connectivity index (χ3v) is 8.99. The number of hydrogen-bond donors (Lipinski definition) is 5. The molecule has 45 heavy (non-hydrogen) atoms. The quantitative estimate of drug-likeness (QED) is 0.203. The van der Waals surface area contributed by atoms with Gasteiger partial charge in [-0.25, -0.2) is 15.0 Å². The number of aromatic nitrogens is 4. The molecule has 3 fully saturated rings. The number of alkyl halides is 3. The van der Waals surface area contributed by atoms with Crippen molar-refractivity contribution in [3.8, 4) is 17.0 Å². The second kappa shape index (κ2) is 10.7. The van der Waals surface area contributed by atoms with Crippen molar-refractivity contribution in [1.82, 2.24) is 19.4 Å². The Morgan fingerprint density at radius 3 is 2.56 bits per heavy atom. The first-order valence-corrected chi connectivity index (χ1v) is 14.1. The predicted molar refractivity (Wildman–Crippen MR) is 153 cm³/mol. The molecular formula is C30H29F3N6O6. The molecule has 7 rings (SSSR count). The average molecular weight is 627 g/mol.